The van der Waals surface area contributed by atoms with Crippen LogP contribution in [0.2, 0.25) is 0 Å². The third kappa shape index (κ3) is 4.46. The molecule has 2 aromatic carbocycles. The van der Waals surface area contributed by atoms with Gasteiger partial charge in [-0.1, -0.05) is 35.9 Å². The van der Waals surface area contributed by atoms with Gasteiger partial charge in [0.15, 0.2) is 0 Å². The summed E-state index contributed by atoms with van der Waals surface area (Å²) in [5.74, 6) is 1.15. The molecule has 1 aromatic heterocycles. The Morgan fingerprint density at radius 1 is 1.14 bits per heavy atom. The Hall–Kier alpha value is -2.99. The first-order valence-corrected chi connectivity index (χ1v) is 9.65. The van der Waals surface area contributed by atoms with Gasteiger partial charge >= 0.3 is 0 Å². The highest BCUT2D eigenvalue weighted by molar-refractivity contribution is 5.92. The first kappa shape index (κ1) is 18.4. The fraction of sp³-hybridized carbons (Fsp3) is 0.318. The van der Waals surface area contributed by atoms with E-state index in [9.17, 15) is 4.79 Å². The maximum absolute atomic E-state index is 12.6. The molecule has 28 heavy (non-hydrogen) atoms. The molecular formula is C22H24N4O2. The zero-order chi connectivity index (χ0) is 19.3. The molecule has 0 bridgehead atoms. The minimum absolute atomic E-state index is 0.0338. The van der Waals surface area contributed by atoms with Crippen molar-refractivity contribution in [3.8, 4) is 11.5 Å². The predicted octanol–water partition coefficient (Wildman–Crippen LogP) is 3.90. The number of amides is 1. The SMILES string of the molecule is Cc1ccc(-c2nnc(CN3CCCC(C(=O)Nc4ccccc4)C3)o2)cc1. The molecule has 1 saturated heterocycles. The second kappa shape index (κ2) is 8.35. The molecule has 1 unspecified atom stereocenters. The lowest BCUT2D eigenvalue weighted by Gasteiger charge is -2.30. The van der Waals surface area contributed by atoms with Gasteiger partial charge in [0.2, 0.25) is 17.7 Å². The van der Waals surface area contributed by atoms with Gasteiger partial charge in [-0.25, -0.2) is 0 Å². The van der Waals surface area contributed by atoms with Crippen molar-refractivity contribution in [2.75, 3.05) is 18.4 Å². The fourth-order valence-corrected chi connectivity index (χ4v) is 3.50. The van der Waals surface area contributed by atoms with E-state index >= 15 is 0 Å². The summed E-state index contributed by atoms with van der Waals surface area (Å²) in [5.41, 5.74) is 2.95. The monoisotopic (exact) mass is 376 g/mol. The molecule has 0 aliphatic carbocycles. The third-order valence-electron chi connectivity index (χ3n) is 5.04. The quantitative estimate of drug-likeness (QED) is 0.731. The van der Waals surface area contributed by atoms with E-state index in [0.29, 0.717) is 24.9 Å². The normalized spacial score (nSPS) is 17.4. The van der Waals surface area contributed by atoms with E-state index in [-0.39, 0.29) is 11.8 Å². The van der Waals surface area contributed by atoms with Crippen molar-refractivity contribution in [1.29, 1.82) is 0 Å². The fourth-order valence-electron chi connectivity index (χ4n) is 3.50. The Morgan fingerprint density at radius 3 is 2.71 bits per heavy atom. The molecule has 1 amide bonds. The number of carbonyl (C=O) groups is 1. The minimum Gasteiger partial charge on any atom is -0.419 e. The van der Waals surface area contributed by atoms with Crippen LogP contribution >= 0.6 is 0 Å². The third-order valence-corrected chi connectivity index (χ3v) is 5.04. The number of piperidine rings is 1. The molecule has 0 saturated carbocycles. The first-order valence-electron chi connectivity index (χ1n) is 9.65. The topological polar surface area (TPSA) is 71.3 Å². The largest absolute Gasteiger partial charge is 0.419 e. The number of aromatic nitrogens is 2. The van der Waals surface area contributed by atoms with E-state index in [4.69, 9.17) is 4.42 Å². The zero-order valence-electron chi connectivity index (χ0n) is 16.0. The van der Waals surface area contributed by atoms with Gasteiger partial charge < -0.3 is 9.73 Å². The number of likely N-dealkylation sites (tertiary alicyclic amines) is 1. The second-order valence-corrected chi connectivity index (χ2v) is 7.30. The molecule has 0 radical (unpaired) electrons. The summed E-state index contributed by atoms with van der Waals surface area (Å²) in [5, 5.41) is 11.4. The van der Waals surface area contributed by atoms with Crippen LogP contribution in [0, 0.1) is 12.8 Å². The van der Waals surface area contributed by atoms with Crippen LogP contribution < -0.4 is 5.32 Å². The Labute approximate surface area is 164 Å². The van der Waals surface area contributed by atoms with Gasteiger partial charge in [-0.3, -0.25) is 9.69 Å². The first-order chi connectivity index (χ1) is 13.7. The average molecular weight is 376 g/mol. The van der Waals surface area contributed by atoms with Crippen molar-refractivity contribution in [2.45, 2.75) is 26.3 Å². The highest BCUT2D eigenvalue weighted by atomic mass is 16.4. The summed E-state index contributed by atoms with van der Waals surface area (Å²) >= 11 is 0. The summed E-state index contributed by atoms with van der Waals surface area (Å²) in [6.45, 7) is 4.23. The average Bonchev–Trinajstić information content (AvgIpc) is 3.18. The van der Waals surface area contributed by atoms with Gasteiger partial charge in [-0.15, -0.1) is 10.2 Å². The van der Waals surface area contributed by atoms with Gasteiger partial charge in [0.1, 0.15) is 0 Å². The van der Waals surface area contributed by atoms with E-state index in [1.807, 2.05) is 61.5 Å². The highest BCUT2D eigenvalue weighted by Gasteiger charge is 2.27. The molecule has 1 aliphatic heterocycles. The van der Waals surface area contributed by atoms with E-state index in [1.165, 1.54) is 5.56 Å². The van der Waals surface area contributed by atoms with Gasteiger partial charge in [0.05, 0.1) is 12.5 Å². The van der Waals surface area contributed by atoms with E-state index in [2.05, 4.69) is 20.4 Å². The van der Waals surface area contributed by atoms with Crippen molar-refractivity contribution in [1.82, 2.24) is 15.1 Å². The number of para-hydroxylation sites is 1. The Morgan fingerprint density at radius 2 is 1.93 bits per heavy atom. The lowest BCUT2D eigenvalue weighted by atomic mass is 9.97. The van der Waals surface area contributed by atoms with Crippen LogP contribution in [-0.4, -0.2) is 34.1 Å². The molecule has 6 heteroatoms. The zero-order valence-corrected chi connectivity index (χ0v) is 16.0. The molecule has 4 rings (SSSR count). The Balaban J connectivity index is 1.36. The molecule has 0 spiro atoms. The lowest BCUT2D eigenvalue weighted by molar-refractivity contribution is -0.121. The summed E-state index contributed by atoms with van der Waals surface area (Å²) in [6.07, 6.45) is 1.87. The molecule has 1 N–H and O–H groups in total. The Kier molecular flexibility index (Phi) is 5.48. The maximum Gasteiger partial charge on any atom is 0.247 e. The van der Waals surface area contributed by atoms with E-state index in [1.54, 1.807) is 0 Å². The molecule has 3 aromatic rings. The number of hydrogen-bond acceptors (Lipinski definition) is 5. The summed E-state index contributed by atoms with van der Waals surface area (Å²) in [4.78, 5) is 14.8. The standard InChI is InChI=1S/C22H24N4O2/c1-16-9-11-17(12-10-16)22-25-24-20(28-22)15-26-13-5-6-18(14-26)21(27)23-19-7-3-2-4-8-19/h2-4,7-12,18H,5-6,13-15H2,1H3,(H,23,27). The van der Waals surface area contributed by atoms with Crippen molar-refractivity contribution < 1.29 is 9.21 Å². The summed E-state index contributed by atoms with van der Waals surface area (Å²) < 4.78 is 5.84. The molecular weight excluding hydrogens is 352 g/mol. The van der Waals surface area contributed by atoms with E-state index < -0.39 is 0 Å². The number of anilines is 1. The molecule has 1 atom stereocenters. The van der Waals surface area contributed by atoms with Crippen molar-refractivity contribution in [3.63, 3.8) is 0 Å². The van der Waals surface area contributed by atoms with E-state index in [0.717, 1.165) is 30.6 Å². The molecule has 6 nitrogen and oxygen atoms in total. The number of aryl methyl sites for hydroxylation is 1. The number of rotatable bonds is 5. The minimum atomic E-state index is -0.0338. The van der Waals surface area contributed by atoms with Gasteiger partial charge in [0, 0.05) is 17.8 Å². The number of carbonyl (C=O) groups excluding carboxylic acids is 1. The summed E-state index contributed by atoms with van der Waals surface area (Å²) in [7, 11) is 0. The molecule has 1 fully saturated rings. The van der Waals surface area contributed by atoms with Crippen LogP contribution in [-0.2, 0) is 11.3 Å². The predicted molar refractivity (Wildman–Crippen MR) is 108 cm³/mol. The van der Waals surface area contributed by atoms with Crippen LogP contribution in [0.4, 0.5) is 5.69 Å². The van der Waals surface area contributed by atoms with Crippen LogP contribution in [0.5, 0.6) is 0 Å². The smallest absolute Gasteiger partial charge is 0.247 e. The van der Waals surface area contributed by atoms with Crippen LogP contribution in [0.15, 0.2) is 59.0 Å². The molecule has 1 aliphatic rings. The molecule has 144 valence electrons. The maximum atomic E-state index is 12.6. The van der Waals surface area contributed by atoms with Gasteiger partial charge in [-0.2, -0.15) is 0 Å². The number of benzene rings is 2. The van der Waals surface area contributed by atoms with Crippen LogP contribution in [0.1, 0.15) is 24.3 Å². The van der Waals surface area contributed by atoms with Crippen LogP contribution in [0.3, 0.4) is 0 Å². The van der Waals surface area contributed by atoms with Crippen LogP contribution in [0.25, 0.3) is 11.5 Å². The lowest BCUT2D eigenvalue weighted by Crippen LogP contribution is -2.40. The van der Waals surface area contributed by atoms with Gasteiger partial charge in [0.25, 0.3) is 0 Å². The Bertz CT molecular complexity index is 921. The highest BCUT2D eigenvalue weighted by Crippen LogP contribution is 2.22. The van der Waals surface area contributed by atoms with Crippen molar-refractivity contribution in [2.24, 2.45) is 5.92 Å². The molecule has 2 heterocycles. The summed E-state index contributed by atoms with van der Waals surface area (Å²) in [6, 6.07) is 17.6. The second-order valence-electron chi connectivity index (χ2n) is 7.30. The van der Waals surface area contributed by atoms with Crippen molar-refractivity contribution in [3.05, 3.63) is 66.1 Å². The number of nitrogens with zero attached hydrogens (tertiary/aromatic N) is 3. The number of nitrogens with one attached hydrogen (secondary N) is 1. The number of hydrogen-bond donors (Lipinski definition) is 1. The van der Waals surface area contributed by atoms with Crippen molar-refractivity contribution >= 4 is 11.6 Å². The van der Waals surface area contributed by atoms with Gasteiger partial charge in [-0.05, 0) is 50.6 Å².